The molecule has 0 aliphatic carbocycles. The van der Waals surface area contributed by atoms with Crippen molar-refractivity contribution in [3.8, 4) is 0 Å². The van der Waals surface area contributed by atoms with Crippen LogP contribution in [0.4, 0.5) is 11.8 Å². The lowest BCUT2D eigenvalue weighted by molar-refractivity contribution is 0.815. The Balaban J connectivity index is 2.29. The van der Waals surface area contributed by atoms with E-state index in [-0.39, 0.29) is 17.3 Å². The number of nitrogens with two attached hydrogens (primary N) is 2. The van der Waals surface area contributed by atoms with Crippen LogP contribution in [0.2, 0.25) is 0 Å². The number of nitrogens with zero attached hydrogens (tertiary/aromatic N) is 3. The van der Waals surface area contributed by atoms with Crippen LogP contribution in [-0.2, 0) is 6.42 Å². The molecule has 100 valence electrons. The lowest BCUT2D eigenvalue weighted by Gasteiger charge is -2.04. The average Bonchev–Trinajstić information content (AvgIpc) is 2.26. The molecule has 2 heterocycles. The van der Waals surface area contributed by atoms with E-state index < -0.39 is 0 Å². The first-order chi connectivity index (χ1) is 9.06. The van der Waals surface area contributed by atoms with Gasteiger partial charge in [0.15, 0.2) is 5.16 Å². The molecular formula is C11H14N6OS. The van der Waals surface area contributed by atoms with Crippen molar-refractivity contribution in [3.05, 3.63) is 28.2 Å². The Morgan fingerprint density at radius 1 is 1.26 bits per heavy atom. The van der Waals surface area contributed by atoms with E-state index in [2.05, 4.69) is 19.9 Å². The second kappa shape index (κ2) is 5.70. The van der Waals surface area contributed by atoms with Crippen molar-refractivity contribution in [1.29, 1.82) is 0 Å². The highest BCUT2D eigenvalue weighted by atomic mass is 32.2. The molecule has 0 spiro atoms. The maximum atomic E-state index is 11.5. The number of hydrogen-bond donors (Lipinski definition) is 3. The monoisotopic (exact) mass is 278 g/mol. The van der Waals surface area contributed by atoms with Crippen molar-refractivity contribution in [2.75, 3.05) is 11.5 Å². The summed E-state index contributed by atoms with van der Waals surface area (Å²) in [6.45, 7) is 2.03. The second-order valence-corrected chi connectivity index (χ2v) is 4.89. The zero-order valence-electron chi connectivity index (χ0n) is 10.4. The first kappa shape index (κ1) is 13.3. The molecule has 0 saturated heterocycles. The molecule has 2 aromatic heterocycles. The summed E-state index contributed by atoms with van der Waals surface area (Å²) < 4.78 is 0. The Hall–Kier alpha value is -2.09. The molecule has 2 aromatic rings. The minimum absolute atomic E-state index is 0.0922. The zero-order valence-corrected chi connectivity index (χ0v) is 11.2. The van der Waals surface area contributed by atoms with Gasteiger partial charge >= 0.3 is 0 Å². The number of H-pyrrole nitrogens is 1. The molecule has 5 N–H and O–H groups in total. The highest BCUT2D eigenvalue weighted by Crippen LogP contribution is 2.23. The molecule has 0 fully saturated rings. The van der Waals surface area contributed by atoms with Gasteiger partial charge in [-0.3, -0.25) is 4.79 Å². The van der Waals surface area contributed by atoms with E-state index in [0.29, 0.717) is 10.2 Å². The van der Waals surface area contributed by atoms with Gasteiger partial charge in [0.2, 0.25) is 5.95 Å². The van der Waals surface area contributed by atoms with Crippen LogP contribution in [0.5, 0.6) is 0 Å². The lowest BCUT2D eigenvalue weighted by atomic mass is 10.2. The lowest BCUT2D eigenvalue weighted by Crippen LogP contribution is -2.10. The fourth-order valence-electron chi connectivity index (χ4n) is 1.53. The number of rotatable bonds is 4. The van der Waals surface area contributed by atoms with Crippen LogP contribution in [0, 0.1) is 0 Å². The van der Waals surface area contributed by atoms with Crippen LogP contribution in [0.3, 0.4) is 0 Å². The van der Waals surface area contributed by atoms with Crippen molar-refractivity contribution in [3.63, 3.8) is 0 Å². The van der Waals surface area contributed by atoms with Gasteiger partial charge in [0.25, 0.3) is 5.56 Å². The molecule has 0 amide bonds. The molecule has 8 heteroatoms. The number of anilines is 2. The Labute approximate surface area is 113 Å². The summed E-state index contributed by atoms with van der Waals surface area (Å²) >= 11 is 1.19. The molecule has 0 aromatic carbocycles. The van der Waals surface area contributed by atoms with Crippen LogP contribution in [-0.4, -0.2) is 19.9 Å². The molecule has 0 aliphatic rings. The number of hydrogen-bond acceptors (Lipinski definition) is 7. The molecule has 0 aliphatic heterocycles. The molecule has 0 atom stereocenters. The van der Waals surface area contributed by atoms with Gasteiger partial charge in [-0.2, -0.15) is 4.98 Å². The number of aromatic amines is 1. The minimum Gasteiger partial charge on any atom is -0.383 e. The highest BCUT2D eigenvalue weighted by Gasteiger charge is 2.06. The van der Waals surface area contributed by atoms with E-state index in [1.54, 1.807) is 6.07 Å². The SMILES string of the molecule is CCCc1cc(=O)[nH]c(Sc2cc(N)nc(N)n2)n1. The Bertz CT molecular complexity index is 621. The first-order valence-corrected chi connectivity index (χ1v) is 6.56. The fraction of sp³-hybridized carbons (Fsp3) is 0.273. The average molecular weight is 278 g/mol. The largest absolute Gasteiger partial charge is 0.383 e. The highest BCUT2D eigenvalue weighted by molar-refractivity contribution is 7.99. The molecular weight excluding hydrogens is 264 g/mol. The smallest absolute Gasteiger partial charge is 0.251 e. The third kappa shape index (κ3) is 3.68. The van der Waals surface area contributed by atoms with Gasteiger partial charge in [0, 0.05) is 17.8 Å². The van der Waals surface area contributed by atoms with E-state index >= 15 is 0 Å². The van der Waals surface area contributed by atoms with Gasteiger partial charge in [-0.05, 0) is 18.2 Å². The summed E-state index contributed by atoms with van der Waals surface area (Å²) in [5.74, 6) is 0.372. The molecule has 19 heavy (non-hydrogen) atoms. The van der Waals surface area contributed by atoms with E-state index in [9.17, 15) is 4.79 Å². The Kier molecular flexibility index (Phi) is 4.00. The van der Waals surface area contributed by atoms with Crippen LogP contribution in [0.15, 0.2) is 27.1 Å². The molecule has 7 nitrogen and oxygen atoms in total. The normalized spacial score (nSPS) is 10.6. The molecule has 0 saturated carbocycles. The summed E-state index contributed by atoms with van der Waals surface area (Å²) in [5.41, 5.74) is 11.7. The fourth-order valence-corrected chi connectivity index (χ4v) is 2.36. The van der Waals surface area contributed by atoms with Crippen molar-refractivity contribution < 1.29 is 0 Å². The summed E-state index contributed by atoms with van der Waals surface area (Å²) in [6.07, 6.45) is 1.68. The number of nitrogen functional groups attached to an aromatic ring is 2. The molecule has 0 bridgehead atoms. The van der Waals surface area contributed by atoms with Crippen molar-refractivity contribution in [2.45, 2.75) is 29.9 Å². The molecule has 0 unspecified atom stereocenters. The van der Waals surface area contributed by atoms with E-state index in [4.69, 9.17) is 11.5 Å². The van der Waals surface area contributed by atoms with Crippen LogP contribution < -0.4 is 17.0 Å². The van der Waals surface area contributed by atoms with Crippen LogP contribution >= 0.6 is 11.8 Å². The van der Waals surface area contributed by atoms with Gasteiger partial charge in [-0.25, -0.2) is 9.97 Å². The standard InChI is InChI=1S/C11H14N6OS/c1-2-3-6-4-8(18)16-11(14-6)19-9-5-7(12)15-10(13)17-9/h4-5H,2-3H2,1H3,(H,14,16,18)(H4,12,13,15,17). The maximum absolute atomic E-state index is 11.5. The van der Waals surface area contributed by atoms with Crippen molar-refractivity contribution in [1.82, 2.24) is 19.9 Å². The summed E-state index contributed by atoms with van der Waals surface area (Å²) in [5, 5.41) is 1.01. The number of nitrogens with one attached hydrogen (secondary N) is 1. The third-order valence-corrected chi connectivity index (χ3v) is 3.03. The van der Waals surface area contributed by atoms with Crippen molar-refractivity contribution in [2.24, 2.45) is 0 Å². The van der Waals surface area contributed by atoms with Gasteiger partial charge in [0.1, 0.15) is 10.8 Å². The van der Waals surface area contributed by atoms with Crippen LogP contribution in [0.1, 0.15) is 19.0 Å². The predicted molar refractivity (Wildman–Crippen MR) is 73.8 cm³/mol. The molecule has 2 rings (SSSR count). The summed E-state index contributed by atoms with van der Waals surface area (Å²) in [4.78, 5) is 26.3. The number of aromatic nitrogens is 4. The summed E-state index contributed by atoms with van der Waals surface area (Å²) in [6, 6.07) is 3.07. The van der Waals surface area contributed by atoms with Gasteiger partial charge in [-0.15, -0.1) is 0 Å². The zero-order chi connectivity index (χ0) is 13.8. The van der Waals surface area contributed by atoms with E-state index in [0.717, 1.165) is 18.5 Å². The Morgan fingerprint density at radius 2 is 2.05 bits per heavy atom. The van der Waals surface area contributed by atoms with E-state index in [1.165, 1.54) is 17.8 Å². The second-order valence-electron chi connectivity index (χ2n) is 3.88. The van der Waals surface area contributed by atoms with Gasteiger partial charge in [-0.1, -0.05) is 13.3 Å². The number of aryl methyl sites for hydroxylation is 1. The minimum atomic E-state index is -0.184. The third-order valence-electron chi connectivity index (χ3n) is 2.22. The van der Waals surface area contributed by atoms with Crippen molar-refractivity contribution >= 4 is 23.5 Å². The van der Waals surface area contributed by atoms with Gasteiger partial charge < -0.3 is 16.5 Å². The quantitative estimate of drug-likeness (QED) is 0.559. The topological polar surface area (TPSA) is 124 Å². The Morgan fingerprint density at radius 3 is 2.74 bits per heavy atom. The predicted octanol–water partition coefficient (Wildman–Crippen LogP) is 0.828. The van der Waals surface area contributed by atoms with Gasteiger partial charge in [0.05, 0.1) is 0 Å². The molecule has 0 radical (unpaired) electrons. The van der Waals surface area contributed by atoms with E-state index in [1.807, 2.05) is 6.92 Å². The first-order valence-electron chi connectivity index (χ1n) is 5.75. The van der Waals surface area contributed by atoms with Crippen LogP contribution in [0.25, 0.3) is 0 Å². The maximum Gasteiger partial charge on any atom is 0.251 e. The summed E-state index contributed by atoms with van der Waals surface area (Å²) in [7, 11) is 0.